The molecule has 9 heteroatoms. The number of hydrogen-bond acceptors (Lipinski definition) is 4. The minimum atomic E-state index is -3.91. The number of fused-ring (bicyclic) bond motifs is 1. The quantitative estimate of drug-likeness (QED) is 0.490. The van der Waals surface area contributed by atoms with Crippen LogP contribution in [0.2, 0.25) is 0 Å². The molecule has 0 saturated carbocycles. The van der Waals surface area contributed by atoms with Gasteiger partial charge in [-0.3, -0.25) is 9.48 Å². The zero-order chi connectivity index (χ0) is 21.8. The minimum Gasteiger partial charge on any atom is -0.339 e. The molecule has 31 heavy (non-hydrogen) atoms. The van der Waals surface area contributed by atoms with Crippen molar-refractivity contribution in [3.8, 4) is 11.1 Å². The molecule has 5 rings (SSSR count). The van der Waals surface area contributed by atoms with Crippen molar-refractivity contribution < 1.29 is 17.6 Å². The Morgan fingerprint density at radius 1 is 1.10 bits per heavy atom. The zero-order valence-corrected chi connectivity index (χ0v) is 17.5. The van der Waals surface area contributed by atoms with Gasteiger partial charge in [-0.1, -0.05) is 18.2 Å². The molecule has 0 bridgehead atoms. The van der Waals surface area contributed by atoms with Gasteiger partial charge in [-0.05, 0) is 30.3 Å². The highest BCUT2D eigenvalue weighted by Gasteiger charge is 2.31. The smallest absolute Gasteiger partial charge is 0.268 e. The van der Waals surface area contributed by atoms with Crippen LogP contribution in [0.5, 0.6) is 0 Å². The van der Waals surface area contributed by atoms with Gasteiger partial charge in [0.1, 0.15) is 5.82 Å². The molecule has 2 aromatic carbocycles. The molecule has 0 N–H and O–H groups in total. The average Bonchev–Trinajstić information content (AvgIpc) is 3.32. The minimum absolute atomic E-state index is 0.0276. The number of benzene rings is 2. The maximum absolute atomic E-state index is 14.0. The van der Waals surface area contributed by atoms with E-state index in [1.165, 1.54) is 37.4 Å². The summed E-state index contributed by atoms with van der Waals surface area (Å²) in [6.45, 7) is 2.71. The lowest BCUT2D eigenvalue weighted by Crippen LogP contribution is -2.49. The Bertz CT molecular complexity index is 1400. The van der Waals surface area contributed by atoms with Crippen LogP contribution >= 0.6 is 0 Å². The third-order valence-corrected chi connectivity index (χ3v) is 7.32. The van der Waals surface area contributed by atoms with Gasteiger partial charge in [-0.25, -0.2) is 16.8 Å². The Morgan fingerprint density at radius 3 is 2.55 bits per heavy atom. The molecule has 0 radical (unpaired) electrons. The van der Waals surface area contributed by atoms with E-state index in [0.29, 0.717) is 24.0 Å². The summed E-state index contributed by atoms with van der Waals surface area (Å²) in [6.07, 6.45) is 5.00. The molecule has 1 aliphatic rings. The largest absolute Gasteiger partial charge is 0.339 e. The van der Waals surface area contributed by atoms with Crippen LogP contribution in [0, 0.1) is 5.82 Å². The molecule has 158 valence electrons. The molecule has 2 aromatic heterocycles. The van der Waals surface area contributed by atoms with Crippen LogP contribution in [0.15, 0.2) is 72.0 Å². The highest BCUT2D eigenvalue weighted by atomic mass is 32.2. The first kappa shape index (κ1) is 19.5. The summed E-state index contributed by atoms with van der Waals surface area (Å²) in [5, 5.41) is 5.02. The number of carbonyl (C=O) groups is 1. The van der Waals surface area contributed by atoms with Crippen LogP contribution in [0.1, 0.15) is 13.0 Å². The Labute approximate surface area is 178 Å². The fourth-order valence-corrected chi connectivity index (χ4v) is 5.25. The summed E-state index contributed by atoms with van der Waals surface area (Å²) in [7, 11) is -3.91. The van der Waals surface area contributed by atoms with Gasteiger partial charge < -0.3 is 4.90 Å². The summed E-state index contributed by atoms with van der Waals surface area (Å²) in [5.41, 5.74) is 1.63. The Hall–Kier alpha value is -3.46. The average molecular weight is 438 g/mol. The van der Waals surface area contributed by atoms with Crippen LogP contribution < -0.4 is 0 Å². The second-order valence-corrected chi connectivity index (χ2v) is 9.42. The first-order valence-electron chi connectivity index (χ1n) is 9.76. The first-order chi connectivity index (χ1) is 14.8. The van der Waals surface area contributed by atoms with E-state index in [1.54, 1.807) is 40.0 Å². The number of likely N-dealkylation sites (tertiary alicyclic amines) is 1. The fourth-order valence-electron chi connectivity index (χ4n) is 3.86. The van der Waals surface area contributed by atoms with Crippen LogP contribution in [-0.2, 0) is 14.8 Å². The van der Waals surface area contributed by atoms with Gasteiger partial charge in [0, 0.05) is 48.9 Å². The van der Waals surface area contributed by atoms with E-state index in [2.05, 4.69) is 5.10 Å². The fraction of sp³-hybridized carbons (Fsp3) is 0.182. The Balaban J connectivity index is 1.59. The van der Waals surface area contributed by atoms with Gasteiger partial charge in [0.2, 0.25) is 5.91 Å². The molecule has 1 amide bonds. The third-order valence-electron chi connectivity index (χ3n) is 5.63. The third kappa shape index (κ3) is 3.21. The molecule has 3 heterocycles. The van der Waals surface area contributed by atoms with Crippen molar-refractivity contribution in [2.24, 2.45) is 0 Å². The molecule has 1 aliphatic heterocycles. The number of rotatable bonds is 4. The molecule has 1 fully saturated rings. The van der Waals surface area contributed by atoms with E-state index >= 15 is 0 Å². The summed E-state index contributed by atoms with van der Waals surface area (Å²) in [4.78, 5) is 13.3. The predicted octanol–water partition coefficient (Wildman–Crippen LogP) is 3.28. The highest BCUT2D eigenvalue weighted by molar-refractivity contribution is 7.90. The maximum Gasteiger partial charge on any atom is 0.268 e. The van der Waals surface area contributed by atoms with E-state index in [-0.39, 0.29) is 22.4 Å². The number of amides is 1. The SMILES string of the molecule is CC(=O)N1CC(n2cc(-c3cn(S(=O)(=O)c4ccccc4)c4cc(F)ccc34)cn2)C1. The van der Waals surface area contributed by atoms with Crippen LogP contribution in [0.25, 0.3) is 22.0 Å². The molecular weight excluding hydrogens is 419 g/mol. The van der Waals surface area contributed by atoms with Crippen LogP contribution in [0.4, 0.5) is 4.39 Å². The number of hydrogen-bond donors (Lipinski definition) is 0. The zero-order valence-electron chi connectivity index (χ0n) is 16.6. The molecular formula is C22H19FN4O3S. The molecule has 0 atom stereocenters. The molecule has 0 spiro atoms. The van der Waals surface area contributed by atoms with E-state index < -0.39 is 15.8 Å². The van der Waals surface area contributed by atoms with Crippen molar-refractivity contribution in [3.05, 3.63) is 72.9 Å². The van der Waals surface area contributed by atoms with Gasteiger partial charge in [-0.15, -0.1) is 0 Å². The maximum atomic E-state index is 14.0. The van der Waals surface area contributed by atoms with Gasteiger partial charge in [0.25, 0.3) is 10.0 Å². The van der Waals surface area contributed by atoms with E-state index in [9.17, 15) is 17.6 Å². The predicted molar refractivity (Wildman–Crippen MR) is 113 cm³/mol. The van der Waals surface area contributed by atoms with Gasteiger partial charge in [0.05, 0.1) is 22.7 Å². The number of halogens is 1. The highest BCUT2D eigenvalue weighted by Crippen LogP contribution is 2.34. The van der Waals surface area contributed by atoms with E-state index in [1.807, 2.05) is 6.20 Å². The second-order valence-electron chi connectivity index (χ2n) is 7.61. The van der Waals surface area contributed by atoms with Crippen molar-refractivity contribution in [3.63, 3.8) is 0 Å². The van der Waals surface area contributed by atoms with Crippen molar-refractivity contribution in [1.82, 2.24) is 18.7 Å². The van der Waals surface area contributed by atoms with Gasteiger partial charge in [-0.2, -0.15) is 5.10 Å². The van der Waals surface area contributed by atoms with Crippen molar-refractivity contribution in [1.29, 1.82) is 0 Å². The summed E-state index contributed by atoms with van der Waals surface area (Å²) in [6, 6.07) is 12.2. The van der Waals surface area contributed by atoms with E-state index in [0.717, 1.165) is 9.54 Å². The number of aromatic nitrogens is 3. The molecule has 7 nitrogen and oxygen atoms in total. The lowest BCUT2D eigenvalue weighted by molar-refractivity contribution is -0.134. The van der Waals surface area contributed by atoms with Crippen LogP contribution in [0.3, 0.4) is 0 Å². The monoisotopic (exact) mass is 438 g/mol. The first-order valence-corrected chi connectivity index (χ1v) is 11.2. The second kappa shape index (κ2) is 7.05. The van der Waals surface area contributed by atoms with Crippen molar-refractivity contribution >= 4 is 26.8 Å². The van der Waals surface area contributed by atoms with Gasteiger partial charge in [0.15, 0.2) is 0 Å². The Morgan fingerprint density at radius 2 is 1.84 bits per heavy atom. The summed E-state index contributed by atoms with van der Waals surface area (Å²) >= 11 is 0. The molecule has 0 unspecified atom stereocenters. The summed E-state index contributed by atoms with van der Waals surface area (Å²) < 4.78 is 43.4. The standard InChI is InChI=1S/C22H19FN4O3S/c1-15(28)25-12-18(13-25)26-11-16(10-24-26)21-14-27(22-9-17(23)7-8-20(21)22)31(29,30)19-5-3-2-4-6-19/h2-11,14,18H,12-13H2,1H3. The number of carbonyl (C=O) groups excluding carboxylic acids is 1. The molecule has 0 aliphatic carbocycles. The molecule has 4 aromatic rings. The van der Waals surface area contributed by atoms with Crippen LogP contribution in [-0.4, -0.2) is 46.1 Å². The van der Waals surface area contributed by atoms with Crippen molar-refractivity contribution in [2.75, 3.05) is 13.1 Å². The lowest BCUT2D eigenvalue weighted by Gasteiger charge is -2.38. The summed E-state index contributed by atoms with van der Waals surface area (Å²) in [5.74, 6) is -0.490. The number of nitrogens with zero attached hydrogens (tertiary/aromatic N) is 4. The topological polar surface area (TPSA) is 77.2 Å². The van der Waals surface area contributed by atoms with Gasteiger partial charge >= 0.3 is 0 Å². The van der Waals surface area contributed by atoms with E-state index in [4.69, 9.17) is 0 Å². The lowest BCUT2D eigenvalue weighted by atomic mass is 10.1. The molecule has 1 saturated heterocycles. The normalized spacial score (nSPS) is 14.7. The van der Waals surface area contributed by atoms with Crippen molar-refractivity contribution in [2.45, 2.75) is 17.9 Å². The Kier molecular flexibility index (Phi) is 4.44.